The van der Waals surface area contributed by atoms with E-state index in [9.17, 15) is 10.2 Å². The summed E-state index contributed by atoms with van der Waals surface area (Å²) in [6, 6.07) is 4.37. The van der Waals surface area contributed by atoms with E-state index in [-0.39, 0.29) is 24.2 Å². The number of quaternary nitrogens is 1. The molecule has 4 N–H and O–H groups in total. The molecular formula is C17H30ClNO2. The van der Waals surface area contributed by atoms with Crippen molar-refractivity contribution in [3.05, 3.63) is 28.8 Å². The first-order valence-electron chi connectivity index (χ1n) is 7.62. The molecule has 0 amide bonds. The molecule has 0 saturated carbocycles. The Bertz CT molecular complexity index is 415. The second-order valence-corrected chi connectivity index (χ2v) is 6.59. The maximum atomic E-state index is 10.4. The summed E-state index contributed by atoms with van der Waals surface area (Å²) in [6.07, 6.45) is -0.493. The number of phenolic OH excluding ortho intramolecular Hbond substituents is 1. The second kappa shape index (κ2) is 8.62. The molecule has 0 aliphatic carbocycles. The Morgan fingerprint density at radius 3 is 1.71 bits per heavy atom. The maximum Gasteiger partial charge on any atom is 0.128 e. The molecule has 0 saturated heterocycles. The number of aliphatic hydroxyl groups excluding tert-OH is 1. The Balaban J connectivity index is 0.00000400. The number of hydrogen-bond acceptors (Lipinski definition) is 2. The Morgan fingerprint density at radius 1 is 0.952 bits per heavy atom. The van der Waals surface area contributed by atoms with Crippen LogP contribution in [0, 0.1) is 0 Å². The molecule has 122 valence electrons. The van der Waals surface area contributed by atoms with Gasteiger partial charge in [-0.15, -0.1) is 0 Å². The molecule has 0 aromatic heterocycles. The summed E-state index contributed by atoms with van der Waals surface area (Å²) in [5.41, 5.74) is 2.76. The summed E-state index contributed by atoms with van der Waals surface area (Å²) < 4.78 is 0. The van der Waals surface area contributed by atoms with Crippen LogP contribution in [-0.2, 0) is 0 Å². The molecule has 1 aromatic carbocycles. The van der Waals surface area contributed by atoms with E-state index >= 15 is 0 Å². The Morgan fingerprint density at radius 2 is 1.38 bits per heavy atom. The third kappa shape index (κ3) is 5.50. The van der Waals surface area contributed by atoms with Gasteiger partial charge in [0.1, 0.15) is 18.4 Å². The van der Waals surface area contributed by atoms with Crippen molar-refractivity contribution >= 4 is 0 Å². The number of aromatic hydroxyl groups is 1. The molecule has 0 spiro atoms. The molecule has 21 heavy (non-hydrogen) atoms. The maximum absolute atomic E-state index is 10.4. The van der Waals surface area contributed by atoms with Crippen LogP contribution >= 0.6 is 0 Å². The molecule has 0 aliphatic heterocycles. The highest BCUT2D eigenvalue weighted by molar-refractivity contribution is 5.47. The zero-order chi connectivity index (χ0) is 15.4. The minimum absolute atomic E-state index is 0. The molecule has 1 unspecified atom stereocenters. The predicted octanol–water partition coefficient (Wildman–Crippen LogP) is -0.352. The smallest absolute Gasteiger partial charge is 0.128 e. The summed E-state index contributed by atoms with van der Waals surface area (Å²) in [5, 5.41) is 22.9. The first-order chi connectivity index (χ1) is 9.23. The third-order valence-corrected chi connectivity index (χ3v) is 3.65. The van der Waals surface area contributed by atoms with Crippen LogP contribution in [-0.4, -0.2) is 22.8 Å². The molecule has 1 aromatic rings. The van der Waals surface area contributed by atoms with Gasteiger partial charge in [-0.3, -0.25) is 0 Å². The third-order valence-electron chi connectivity index (χ3n) is 3.65. The van der Waals surface area contributed by atoms with Crippen LogP contribution in [0.3, 0.4) is 0 Å². The lowest BCUT2D eigenvalue weighted by atomic mass is 9.90. The van der Waals surface area contributed by atoms with Gasteiger partial charge >= 0.3 is 0 Å². The molecule has 0 aliphatic rings. The monoisotopic (exact) mass is 315 g/mol. The van der Waals surface area contributed by atoms with Crippen molar-refractivity contribution in [2.24, 2.45) is 0 Å². The molecule has 1 rings (SSSR count). The van der Waals surface area contributed by atoms with Crippen LogP contribution in [0.25, 0.3) is 0 Å². The van der Waals surface area contributed by atoms with Gasteiger partial charge in [-0.1, -0.05) is 27.7 Å². The predicted molar refractivity (Wildman–Crippen MR) is 83.2 cm³/mol. The zero-order valence-corrected chi connectivity index (χ0v) is 14.8. The lowest BCUT2D eigenvalue weighted by Crippen LogP contribution is -3.00. The number of nitrogens with two attached hydrogens (primary N) is 1. The van der Waals surface area contributed by atoms with Crippen molar-refractivity contribution in [2.45, 2.75) is 65.5 Å². The fourth-order valence-corrected chi connectivity index (χ4v) is 2.31. The van der Waals surface area contributed by atoms with E-state index in [1.54, 1.807) is 0 Å². The minimum Gasteiger partial charge on any atom is -1.00 e. The van der Waals surface area contributed by atoms with Crippen molar-refractivity contribution in [3.8, 4) is 5.75 Å². The van der Waals surface area contributed by atoms with Crippen LogP contribution in [0.4, 0.5) is 0 Å². The molecule has 0 radical (unpaired) electrons. The van der Waals surface area contributed by atoms with Gasteiger partial charge in [-0.2, -0.15) is 0 Å². The van der Waals surface area contributed by atoms with Gasteiger partial charge < -0.3 is 27.9 Å². The summed E-state index contributed by atoms with van der Waals surface area (Å²) in [4.78, 5) is 0. The van der Waals surface area contributed by atoms with Crippen LogP contribution in [0.5, 0.6) is 5.75 Å². The first kappa shape index (κ1) is 20.2. The average molecular weight is 316 g/mol. The van der Waals surface area contributed by atoms with Crippen LogP contribution in [0.2, 0.25) is 0 Å². The van der Waals surface area contributed by atoms with E-state index in [0.717, 1.165) is 16.7 Å². The molecule has 4 heteroatoms. The van der Waals surface area contributed by atoms with Crippen LogP contribution in [0.15, 0.2) is 12.1 Å². The Kier molecular flexibility index (Phi) is 8.30. The number of hydrogen-bond donors (Lipinski definition) is 3. The number of aliphatic hydroxyl groups is 1. The Hall–Kier alpha value is -0.770. The lowest BCUT2D eigenvalue weighted by Gasteiger charge is -2.20. The van der Waals surface area contributed by atoms with Crippen molar-refractivity contribution < 1.29 is 27.9 Å². The largest absolute Gasteiger partial charge is 1.00 e. The van der Waals surface area contributed by atoms with Gasteiger partial charge in [0.25, 0.3) is 0 Å². The van der Waals surface area contributed by atoms with E-state index in [1.165, 1.54) is 0 Å². The number of halogens is 1. The molecular weight excluding hydrogens is 286 g/mol. The van der Waals surface area contributed by atoms with Crippen LogP contribution in [0.1, 0.15) is 76.2 Å². The minimum atomic E-state index is -0.493. The highest BCUT2D eigenvalue weighted by Crippen LogP contribution is 2.36. The second-order valence-electron chi connectivity index (χ2n) is 6.59. The van der Waals surface area contributed by atoms with E-state index in [2.05, 4.69) is 46.9 Å². The van der Waals surface area contributed by atoms with Gasteiger partial charge in [0, 0.05) is 0 Å². The van der Waals surface area contributed by atoms with Crippen molar-refractivity contribution in [2.75, 3.05) is 6.54 Å². The standard InChI is InChI=1S/C17H29NO2.ClH/c1-10(2)14-7-13(16(19)9-18-12(5)6)8-15(11(3)4)17(14)20;/h7-8,10-12,16,18-20H,9H2,1-6H3;1H. The SMILES string of the molecule is CC(C)[NH2+]CC(O)c1cc(C(C)C)c(O)c(C(C)C)c1.[Cl-]. The molecule has 0 heterocycles. The fourth-order valence-electron chi connectivity index (χ4n) is 2.31. The molecule has 0 fully saturated rings. The average Bonchev–Trinajstić information content (AvgIpc) is 2.35. The van der Waals surface area contributed by atoms with Gasteiger partial charge in [0.05, 0.1) is 6.04 Å². The van der Waals surface area contributed by atoms with Crippen molar-refractivity contribution in [1.82, 2.24) is 0 Å². The number of phenols is 1. The normalized spacial score (nSPS) is 12.9. The van der Waals surface area contributed by atoms with Crippen LogP contribution < -0.4 is 17.7 Å². The number of rotatable bonds is 6. The van der Waals surface area contributed by atoms with Gasteiger partial charge in [0.15, 0.2) is 0 Å². The van der Waals surface area contributed by atoms with E-state index in [0.29, 0.717) is 18.3 Å². The van der Waals surface area contributed by atoms with Crippen molar-refractivity contribution in [3.63, 3.8) is 0 Å². The zero-order valence-electron chi connectivity index (χ0n) is 14.0. The summed E-state index contributed by atoms with van der Waals surface area (Å²) in [5.74, 6) is 0.876. The first-order valence-corrected chi connectivity index (χ1v) is 7.62. The Labute approximate surface area is 135 Å². The van der Waals surface area contributed by atoms with Gasteiger partial charge in [-0.25, -0.2) is 0 Å². The quantitative estimate of drug-likeness (QED) is 0.672. The lowest BCUT2D eigenvalue weighted by molar-refractivity contribution is -0.689. The highest BCUT2D eigenvalue weighted by atomic mass is 35.5. The molecule has 3 nitrogen and oxygen atoms in total. The summed E-state index contributed by atoms with van der Waals surface area (Å²) in [6.45, 7) is 13.1. The van der Waals surface area contributed by atoms with E-state index in [4.69, 9.17) is 0 Å². The molecule has 0 bridgehead atoms. The van der Waals surface area contributed by atoms with E-state index < -0.39 is 6.10 Å². The van der Waals surface area contributed by atoms with Crippen molar-refractivity contribution in [1.29, 1.82) is 0 Å². The summed E-state index contributed by atoms with van der Waals surface area (Å²) >= 11 is 0. The van der Waals surface area contributed by atoms with Gasteiger partial charge in [-0.05, 0) is 54.5 Å². The summed E-state index contributed by atoms with van der Waals surface area (Å²) in [7, 11) is 0. The van der Waals surface area contributed by atoms with E-state index in [1.807, 2.05) is 12.1 Å². The van der Waals surface area contributed by atoms with Gasteiger partial charge in [0.2, 0.25) is 0 Å². The molecule has 1 atom stereocenters. The highest BCUT2D eigenvalue weighted by Gasteiger charge is 2.19. The fraction of sp³-hybridized carbons (Fsp3) is 0.647. The number of benzene rings is 1. The topological polar surface area (TPSA) is 57.1 Å².